The molecule has 1 aromatic heterocycles. The molecule has 0 unspecified atom stereocenters. The molecule has 2 aromatic rings. The van der Waals surface area contributed by atoms with Gasteiger partial charge in [-0.25, -0.2) is 4.79 Å². The van der Waals surface area contributed by atoms with Gasteiger partial charge < -0.3 is 4.74 Å². The average Bonchev–Trinajstić information content (AvgIpc) is 2.28. The first-order valence-corrected chi connectivity index (χ1v) is 5.74. The van der Waals surface area contributed by atoms with E-state index in [9.17, 15) is 9.59 Å². The second-order valence-corrected chi connectivity index (χ2v) is 4.22. The molecule has 82 valence electrons. The van der Waals surface area contributed by atoms with Gasteiger partial charge in [-0.05, 0) is 24.4 Å². The molecule has 16 heavy (non-hydrogen) atoms. The number of benzene rings is 1. The standard InChI is InChI=1S/C12H10O3S/c1-2-15-11(13)9-7-8-5-3-4-6-10(8)16-12(9)14/h3-7H,2H2,1H3. The average molecular weight is 234 g/mol. The molecular weight excluding hydrogens is 224 g/mol. The van der Waals surface area contributed by atoms with Crippen LogP contribution in [0.4, 0.5) is 0 Å². The molecule has 3 nitrogen and oxygen atoms in total. The highest BCUT2D eigenvalue weighted by Crippen LogP contribution is 2.17. The second-order valence-electron chi connectivity index (χ2n) is 3.21. The highest BCUT2D eigenvalue weighted by Gasteiger charge is 2.12. The molecule has 0 saturated heterocycles. The SMILES string of the molecule is CCOC(=O)c1cc2ccccc2sc1=O. The van der Waals surface area contributed by atoms with Gasteiger partial charge in [0.1, 0.15) is 5.56 Å². The van der Waals surface area contributed by atoms with E-state index in [-0.39, 0.29) is 16.9 Å². The van der Waals surface area contributed by atoms with Gasteiger partial charge in [0.15, 0.2) is 0 Å². The number of esters is 1. The largest absolute Gasteiger partial charge is 0.462 e. The lowest BCUT2D eigenvalue weighted by Gasteiger charge is -2.01. The van der Waals surface area contributed by atoms with Crippen LogP contribution in [-0.2, 0) is 4.74 Å². The summed E-state index contributed by atoms with van der Waals surface area (Å²) < 4.78 is 5.45. The molecule has 2 rings (SSSR count). The molecule has 0 radical (unpaired) electrons. The second kappa shape index (κ2) is 4.45. The fourth-order valence-corrected chi connectivity index (χ4v) is 2.26. The molecule has 0 aliphatic rings. The molecule has 0 spiro atoms. The summed E-state index contributed by atoms with van der Waals surface area (Å²) in [5.41, 5.74) is 0.116. The predicted octanol–water partition coefficient (Wildman–Crippen LogP) is 2.44. The van der Waals surface area contributed by atoms with E-state index < -0.39 is 5.97 Å². The smallest absolute Gasteiger partial charge is 0.343 e. The van der Waals surface area contributed by atoms with E-state index in [0.29, 0.717) is 0 Å². The highest BCUT2D eigenvalue weighted by atomic mass is 32.1. The topological polar surface area (TPSA) is 43.4 Å². The maximum absolute atomic E-state index is 11.7. The summed E-state index contributed by atoms with van der Waals surface area (Å²) in [5, 5.41) is 0.884. The minimum atomic E-state index is -0.547. The summed E-state index contributed by atoms with van der Waals surface area (Å²) in [6, 6.07) is 9.05. The Kier molecular flexibility index (Phi) is 3.01. The third-order valence-corrected chi connectivity index (χ3v) is 3.13. The zero-order chi connectivity index (χ0) is 11.5. The third kappa shape index (κ3) is 1.97. The minimum absolute atomic E-state index is 0.116. The molecule has 0 aliphatic carbocycles. The Bertz CT molecular complexity index is 586. The van der Waals surface area contributed by atoms with Gasteiger partial charge in [-0.2, -0.15) is 0 Å². The van der Waals surface area contributed by atoms with Crippen molar-refractivity contribution in [1.29, 1.82) is 0 Å². The van der Waals surface area contributed by atoms with E-state index >= 15 is 0 Å². The van der Waals surface area contributed by atoms with Crippen LogP contribution in [0.1, 0.15) is 17.3 Å². The monoisotopic (exact) mass is 234 g/mol. The lowest BCUT2D eigenvalue weighted by molar-refractivity contribution is 0.0525. The van der Waals surface area contributed by atoms with E-state index in [1.807, 2.05) is 24.3 Å². The maximum atomic E-state index is 11.7. The summed E-state index contributed by atoms with van der Waals surface area (Å²) in [4.78, 5) is 23.2. The molecule has 0 fully saturated rings. The number of ether oxygens (including phenoxy) is 1. The predicted molar refractivity (Wildman–Crippen MR) is 64.1 cm³/mol. The van der Waals surface area contributed by atoms with Gasteiger partial charge in [-0.15, -0.1) is 0 Å². The van der Waals surface area contributed by atoms with Crippen LogP contribution in [-0.4, -0.2) is 12.6 Å². The Morgan fingerprint density at radius 3 is 2.88 bits per heavy atom. The highest BCUT2D eigenvalue weighted by molar-refractivity contribution is 7.16. The zero-order valence-corrected chi connectivity index (χ0v) is 9.54. The molecular formula is C12H10O3S. The Labute approximate surface area is 96.3 Å². The summed E-state index contributed by atoms with van der Waals surface area (Å²) in [6.45, 7) is 1.99. The molecule has 0 N–H and O–H groups in total. The summed E-state index contributed by atoms with van der Waals surface area (Å²) in [5.74, 6) is -0.547. The van der Waals surface area contributed by atoms with Crippen molar-refractivity contribution < 1.29 is 9.53 Å². The van der Waals surface area contributed by atoms with Crippen LogP contribution in [0, 0.1) is 0 Å². The van der Waals surface area contributed by atoms with E-state index in [4.69, 9.17) is 4.74 Å². The minimum Gasteiger partial charge on any atom is -0.462 e. The number of fused-ring (bicyclic) bond motifs is 1. The Morgan fingerprint density at radius 1 is 1.38 bits per heavy atom. The van der Waals surface area contributed by atoms with E-state index in [0.717, 1.165) is 21.4 Å². The van der Waals surface area contributed by atoms with Crippen LogP contribution in [0.25, 0.3) is 10.1 Å². The normalized spacial score (nSPS) is 10.3. The van der Waals surface area contributed by atoms with Crippen LogP contribution in [0.15, 0.2) is 35.1 Å². The lowest BCUT2D eigenvalue weighted by atomic mass is 10.2. The zero-order valence-electron chi connectivity index (χ0n) is 8.73. The first-order valence-electron chi connectivity index (χ1n) is 4.92. The molecule has 4 heteroatoms. The van der Waals surface area contributed by atoms with Crippen molar-refractivity contribution in [3.05, 3.63) is 45.4 Å². The Balaban J connectivity index is 2.58. The molecule has 1 aromatic carbocycles. The molecule has 0 bridgehead atoms. The lowest BCUT2D eigenvalue weighted by Crippen LogP contribution is -2.14. The number of rotatable bonds is 2. The van der Waals surface area contributed by atoms with Gasteiger partial charge in [-0.1, -0.05) is 29.5 Å². The van der Waals surface area contributed by atoms with Gasteiger partial charge in [0.25, 0.3) is 0 Å². The van der Waals surface area contributed by atoms with Crippen molar-refractivity contribution in [3.8, 4) is 0 Å². The van der Waals surface area contributed by atoms with Crippen molar-refractivity contribution in [2.24, 2.45) is 0 Å². The number of hydrogen-bond donors (Lipinski definition) is 0. The van der Waals surface area contributed by atoms with Crippen LogP contribution in [0.5, 0.6) is 0 Å². The summed E-state index contributed by atoms with van der Waals surface area (Å²) in [7, 11) is 0. The fourth-order valence-electron chi connectivity index (χ4n) is 1.41. The molecule has 0 atom stereocenters. The number of carbonyl (C=O) groups is 1. The quantitative estimate of drug-likeness (QED) is 0.749. The summed E-state index contributed by atoms with van der Waals surface area (Å²) >= 11 is 1.07. The first kappa shape index (κ1) is 10.8. The molecule has 0 aliphatic heterocycles. The van der Waals surface area contributed by atoms with E-state index in [1.54, 1.807) is 13.0 Å². The number of hydrogen-bond acceptors (Lipinski definition) is 4. The van der Waals surface area contributed by atoms with Gasteiger partial charge in [0.05, 0.1) is 6.61 Å². The van der Waals surface area contributed by atoms with Crippen molar-refractivity contribution in [1.82, 2.24) is 0 Å². The maximum Gasteiger partial charge on any atom is 0.343 e. The molecule has 0 saturated carbocycles. The third-order valence-electron chi connectivity index (χ3n) is 2.14. The van der Waals surface area contributed by atoms with Crippen LogP contribution in [0.3, 0.4) is 0 Å². The van der Waals surface area contributed by atoms with E-state index in [2.05, 4.69) is 0 Å². The van der Waals surface area contributed by atoms with Crippen molar-refractivity contribution >= 4 is 27.4 Å². The van der Waals surface area contributed by atoms with E-state index in [1.165, 1.54) is 0 Å². The van der Waals surface area contributed by atoms with Crippen LogP contribution < -0.4 is 4.74 Å². The van der Waals surface area contributed by atoms with Crippen LogP contribution in [0.2, 0.25) is 0 Å². The number of carbonyl (C=O) groups excluding carboxylic acids is 1. The Hall–Kier alpha value is -1.68. The van der Waals surface area contributed by atoms with Gasteiger partial charge in [0.2, 0.25) is 4.74 Å². The van der Waals surface area contributed by atoms with Crippen molar-refractivity contribution in [2.45, 2.75) is 6.92 Å². The van der Waals surface area contributed by atoms with Crippen LogP contribution >= 0.6 is 11.3 Å². The Morgan fingerprint density at radius 2 is 2.12 bits per heavy atom. The summed E-state index contributed by atoms with van der Waals surface area (Å²) in [6.07, 6.45) is 0. The molecule has 0 amide bonds. The van der Waals surface area contributed by atoms with Gasteiger partial charge >= 0.3 is 5.97 Å². The molecule has 1 heterocycles. The van der Waals surface area contributed by atoms with Gasteiger partial charge in [0, 0.05) is 4.70 Å². The van der Waals surface area contributed by atoms with Gasteiger partial charge in [-0.3, -0.25) is 4.79 Å². The van der Waals surface area contributed by atoms with Crippen molar-refractivity contribution in [2.75, 3.05) is 6.61 Å². The van der Waals surface area contributed by atoms with Crippen molar-refractivity contribution in [3.63, 3.8) is 0 Å². The first-order chi connectivity index (χ1) is 7.72. The fraction of sp³-hybridized carbons (Fsp3) is 0.167.